The number of amides is 2. The number of nitrogens with one attached hydrogen (secondary N) is 1. The molecule has 1 aliphatic heterocycles. The molecule has 1 aliphatic carbocycles. The molecule has 2 atom stereocenters. The van der Waals surface area contributed by atoms with Gasteiger partial charge in [0.15, 0.2) is 0 Å². The number of rotatable bonds is 2. The summed E-state index contributed by atoms with van der Waals surface area (Å²) in [5, 5.41) is 12.5. The standard InChI is InChI=1S/C17H22N2O3/c1-11-6-12(2)8-14(7-11)18-16(22)19-9-13-4-3-5-17(13,10-19)15(20)21/h6-8,13H,3-5,9-10H2,1-2H3,(H,18,22)(H,20,21)/t13-,17+/m0/s1. The largest absolute Gasteiger partial charge is 0.481 e. The number of nitrogens with zero attached hydrogens (tertiary/aromatic N) is 1. The number of hydrogen-bond acceptors (Lipinski definition) is 2. The summed E-state index contributed by atoms with van der Waals surface area (Å²) in [7, 11) is 0. The first-order valence-electron chi connectivity index (χ1n) is 7.78. The third kappa shape index (κ3) is 2.45. The Kier molecular flexibility index (Phi) is 3.59. The van der Waals surface area contributed by atoms with Crippen LogP contribution in [0.3, 0.4) is 0 Å². The van der Waals surface area contributed by atoms with Crippen LogP contribution in [0.2, 0.25) is 0 Å². The first-order chi connectivity index (χ1) is 10.4. The summed E-state index contributed by atoms with van der Waals surface area (Å²) in [5.74, 6) is -0.660. The third-order valence-corrected chi connectivity index (χ3v) is 5.06. The summed E-state index contributed by atoms with van der Waals surface area (Å²) in [6.45, 7) is 4.84. The highest BCUT2D eigenvalue weighted by molar-refractivity contribution is 5.90. The summed E-state index contributed by atoms with van der Waals surface area (Å²) in [4.78, 5) is 25.8. The van der Waals surface area contributed by atoms with Crippen molar-refractivity contribution in [2.45, 2.75) is 33.1 Å². The van der Waals surface area contributed by atoms with Crippen LogP contribution in [0.15, 0.2) is 18.2 Å². The molecule has 0 unspecified atom stereocenters. The molecule has 0 bridgehead atoms. The van der Waals surface area contributed by atoms with Gasteiger partial charge in [-0.15, -0.1) is 0 Å². The van der Waals surface area contributed by atoms with Crippen LogP contribution in [0.5, 0.6) is 0 Å². The van der Waals surface area contributed by atoms with Crippen LogP contribution >= 0.6 is 0 Å². The molecule has 1 aromatic carbocycles. The SMILES string of the molecule is Cc1cc(C)cc(NC(=O)N2C[C@@H]3CCC[C@@]3(C(=O)O)C2)c1. The van der Waals surface area contributed by atoms with Gasteiger partial charge in [-0.3, -0.25) is 4.79 Å². The highest BCUT2D eigenvalue weighted by Gasteiger charge is 2.55. The average molecular weight is 302 g/mol. The van der Waals surface area contributed by atoms with Gasteiger partial charge in [0.2, 0.25) is 0 Å². The number of benzene rings is 1. The molecule has 1 heterocycles. The van der Waals surface area contributed by atoms with Crippen LogP contribution < -0.4 is 5.32 Å². The minimum atomic E-state index is -0.753. The predicted molar refractivity (Wildman–Crippen MR) is 83.9 cm³/mol. The van der Waals surface area contributed by atoms with Crippen LogP contribution in [0.25, 0.3) is 0 Å². The fraction of sp³-hybridized carbons (Fsp3) is 0.529. The number of carbonyl (C=O) groups is 2. The quantitative estimate of drug-likeness (QED) is 0.882. The molecular formula is C17H22N2O3. The molecule has 1 saturated carbocycles. The van der Waals surface area contributed by atoms with Gasteiger partial charge in [0.05, 0.1) is 5.41 Å². The van der Waals surface area contributed by atoms with E-state index in [-0.39, 0.29) is 11.9 Å². The Morgan fingerprint density at radius 1 is 1.27 bits per heavy atom. The summed E-state index contributed by atoms with van der Waals surface area (Å²) in [5.41, 5.74) is 2.23. The number of likely N-dealkylation sites (tertiary alicyclic amines) is 1. The van der Waals surface area contributed by atoms with Gasteiger partial charge in [0, 0.05) is 18.8 Å². The van der Waals surface area contributed by atoms with Crippen molar-refractivity contribution < 1.29 is 14.7 Å². The van der Waals surface area contributed by atoms with Crippen LogP contribution in [0.4, 0.5) is 10.5 Å². The number of aryl methyl sites for hydroxylation is 2. The smallest absolute Gasteiger partial charge is 0.321 e. The molecule has 1 saturated heterocycles. The molecule has 2 fully saturated rings. The maximum Gasteiger partial charge on any atom is 0.321 e. The molecule has 3 rings (SSSR count). The Hall–Kier alpha value is -2.04. The van der Waals surface area contributed by atoms with E-state index in [1.165, 1.54) is 0 Å². The van der Waals surface area contributed by atoms with Crippen molar-refractivity contribution in [2.75, 3.05) is 18.4 Å². The number of urea groups is 1. The Bertz CT molecular complexity index is 608. The van der Waals surface area contributed by atoms with E-state index in [1.807, 2.05) is 26.0 Å². The van der Waals surface area contributed by atoms with Gasteiger partial charge in [-0.25, -0.2) is 4.79 Å². The Balaban J connectivity index is 1.73. The predicted octanol–water partition coefficient (Wildman–Crippen LogP) is 3.02. The number of carbonyl (C=O) groups excluding carboxylic acids is 1. The second-order valence-corrected chi connectivity index (χ2v) is 6.74. The van der Waals surface area contributed by atoms with Crippen LogP contribution in [-0.2, 0) is 4.79 Å². The average Bonchev–Trinajstić information content (AvgIpc) is 2.94. The minimum absolute atomic E-state index is 0.0926. The van der Waals surface area contributed by atoms with Gasteiger partial charge < -0.3 is 15.3 Å². The van der Waals surface area contributed by atoms with Crippen LogP contribution in [-0.4, -0.2) is 35.1 Å². The highest BCUT2D eigenvalue weighted by Crippen LogP contribution is 2.48. The zero-order chi connectivity index (χ0) is 15.9. The fourth-order valence-electron chi connectivity index (χ4n) is 4.04. The number of aliphatic carboxylic acids is 1. The molecular weight excluding hydrogens is 280 g/mol. The van der Waals surface area contributed by atoms with Crippen molar-refractivity contribution >= 4 is 17.7 Å². The second-order valence-electron chi connectivity index (χ2n) is 6.74. The van der Waals surface area contributed by atoms with E-state index in [4.69, 9.17) is 0 Å². The van der Waals surface area contributed by atoms with E-state index in [2.05, 4.69) is 11.4 Å². The molecule has 2 amide bonds. The molecule has 118 valence electrons. The van der Waals surface area contributed by atoms with E-state index >= 15 is 0 Å². The Morgan fingerprint density at radius 2 is 1.95 bits per heavy atom. The van der Waals surface area contributed by atoms with Gasteiger partial charge >= 0.3 is 12.0 Å². The zero-order valence-corrected chi connectivity index (χ0v) is 13.1. The van der Waals surface area contributed by atoms with Crippen LogP contribution in [0.1, 0.15) is 30.4 Å². The van der Waals surface area contributed by atoms with Crippen molar-refractivity contribution in [3.8, 4) is 0 Å². The van der Waals surface area contributed by atoms with Crippen molar-refractivity contribution in [1.29, 1.82) is 0 Å². The van der Waals surface area contributed by atoms with Gasteiger partial charge in [-0.2, -0.15) is 0 Å². The van der Waals surface area contributed by atoms with Crippen molar-refractivity contribution in [3.63, 3.8) is 0 Å². The molecule has 1 aromatic rings. The highest BCUT2D eigenvalue weighted by atomic mass is 16.4. The molecule has 5 heteroatoms. The second kappa shape index (κ2) is 5.30. The molecule has 5 nitrogen and oxygen atoms in total. The van der Waals surface area contributed by atoms with E-state index in [1.54, 1.807) is 4.90 Å². The number of anilines is 1. The van der Waals surface area contributed by atoms with Gasteiger partial charge in [-0.05, 0) is 55.9 Å². The lowest BCUT2D eigenvalue weighted by Gasteiger charge is -2.23. The van der Waals surface area contributed by atoms with Gasteiger partial charge in [0.1, 0.15) is 0 Å². The van der Waals surface area contributed by atoms with Crippen molar-refractivity contribution in [2.24, 2.45) is 11.3 Å². The lowest BCUT2D eigenvalue weighted by atomic mass is 9.81. The fourth-order valence-corrected chi connectivity index (χ4v) is 4.04. The maximum absolute atomic E-state index is 12.5. The maximum atomic E-state index is 12.5. The topological polar surface area (TPSA) is 69.6 Å². The summed E-state index contributed by atoms with van der Waals surface area (Å²) in [6.07, 6.45) is 2.53. The van der Waals surface area contributed by atoms with E-state index in [0.717, 1.165) is 29.7 Å². The summed E-state index contributed by atoms with van der Waals surface area (Å²) < 4.78 is 0. The Labute approximate surface area is 130 Å². The molecule has 2 aliphatic rings. The van der Waals surface area contributed by atoms with E-state index in [9.17, 15) is 14.7 Å². The first-order valence-corrected chi connectivity index (χ1v) is 7.78. The molecule has 22 heavy (non-hydrogen) atoms. The number of hydrogen-bond donors (Lipinski definition) is 2. The van der Waals surface area contributed by atoms with Gasteiger partial charge in [0.25, 0.3) is 0 Å². The molecule has 0 aromatic heterocycles. The number of fused-ring (bicyclic) bond motifs is 1. The third-order valence-electron chi connectivity index (χ3n) is 5.06. The Morgan fingerprint density at radius 3 is 2.55 bits per heavy atom. The lowest BCUT2D eigenvalue weighted by molar-refractivity contribution is -0.149. The van der Waals surface area contributed by atoms with Gasteiger partial charge in [-0.1, -0.05) is 12.5 Å². The summed E-state index contributed by atoms with van der Waals surface area (Å²) >= 11 is 0. The van der Waals surface area contributed by atoms with Crippen molar-refractivity contribution in [1.82, 2.24) is 4.90 Å². The number of carboxylic acids is 1. The minimum Gasteiger partial charge on any atom is -0.481 e. The van der Waals surface area contributed by atoms with Crippen molar-refractivity contribution in [3.05, 3.63) is 29.3 Å². The summed E-state index contributed by atoms with van der Waals surface area (Å²) in [6, 6.07) is 5.71. The zero-order valence-electron chi connectivity index (χ0n) is 13.1. The first kappa shape index (κ1) is 14.9. The lowest BCUT2D eigenvalue weighted by Crippen LogP contribution is -2.38. The van der Waals surface area contributed by atoms with E-state index in [0.29, 0.717) is 19.5 Å². The number of carboxylic acid groups (broad SMARTS) is 1. The molecule has 0 radical (unpaired) electrons. The molecule has 2 N–H and O–H groups in total. The van der Waals surface area contributed by atoms with E-state index < -0.39 is 11.4 Å². The monoisotopic (exact) mass is 302 g/mol. The molecule has 0 spiro atoms. The van der Waals surface area contributed by atoms with Crippen LogP contribution in [0, 0.1) is 25.2 Å². The normalized spacial score (nSPS) is 26.8.